The Labute approximate surface area is 116 Å². The minimum absolute atomic E-state index is 0.620. The fourth-order valence-corrected chi connectivity index (χ4v) is 3.79. The maximum atomic E-state index is 5.78. The number of benzene rings is 1. The Hall–Kier alpha value is -0.490. The lowest BCUT2D eigenvalue weighted by atomic mass is 10.1. The highest BCUT2D eigenvalue weighted by Crippen LogP contribution is 2.31. The number of nitrogen functional groups attached to an aromatic ring is 1. The summed E-state index contributed by atoms with van der Waals surface area (Å²) in [4.78, 5) is 2.63. The summed E-state index contributed by atoms with van der Waals surface area (Å²) >= 11 is 2.36. The second-order valence-electron chi connectivity index (χ2n) is 5.02. The van der Waals surface area contributed by atoms with E-state index in [4.69, 9.17) is 5.73 Å². The van der Waals surface area contributed by atoms with E-state index in [2.05, 4.69) is 38.9 Å². The molecular formula is C13H18IN3. The highest BCUT2D eigenvalue weighted by atomic mass is 127. The van der Waals surface area contributed by atoms with Gasteiger partial charge in [-0.3, -0.25) is 4.90 Å². The van der Waals surface area contributed by atoms with E-state index in [1.165, 1.54) is 41.6 Å². The number of nitrogens with two attached hydrogens (primary N) is 1. The molecule has 0 radical (unpaired) electrons. The van der Waals surface area contributed by atoms with Gasteiger partial charge in [0.15, 0.2) is 0 Å². The van der Waals surface area contributed by atoms with Crippen LogP contribution in [0.1, 0.15) is 19.3 Å². The summed E-state index contributed by atoms with van der Waals surface area (Å²) < 4.78 is 1.22. The number of anilines is 2. The third kappa shape index (κ3) is 2.25. The van der Waals surface area contributed by atoms with Crippen molar-refractivity contribution in [2.24, 2.45) is 0 Å². The molecule has 2 unspecified atom stereocenters. The van der Waals surface area contributed by atoms with Crippen LogP contribution >= 0.6 is 22.6 Å². The van der Waals surface area contributed by atoms with Gasteiger partial charge in [0.1, 0.15) is 0 Å². The molecule has 2 heterocycles. The summed E-state index contributed by atoms with van der Waals surface area (Å²) in [5, 5.41) is 3.70. The van der Waals surface area contributed by atoms with E-state index in [0.717, 1.165) is 11.7 Å². The van der Waals surface area contributed by atoms with E-state index in [9.17, 15) is 0 Å². The zero-order chi connectivity index (χ0) is 11.8. The van der Waals surface area contributed by atoms with Gasteiger partial charge in [0.25, 0.3) is 0 Å². The molecule has 0 amide bonds. The molecule has 0 spiro atoms. The standard InChI is InChI=1S/C13H18IN3/c14-10-8-9(15)3-4-11(10)16-12-5-7-17-6-1-2-13(12)17/h3-4,8,12-13,16H,1-2,5-7,15H2. The van der Waals surface area contributed by atoms with Gasteiger partial charge in [0.2, 0.25) is 0 Å². The van der Waals surface area contributed by atoms with E-state index in [1.807, 2.05) is 12.1 Å². The Morgan fingerprint density at radius 2 is 2.18 bits per heavy atom. The second kappa shape index (κ2) is 4.65. The predicted molar refractivity (Wildman–Crippen MR) is 80.2 cm³/mol. The maximum Gasteiger partial charge on any atom is 0.0480 e. The van der Waals surface area contributed by atoms with Gasteiger partial charge in [0, 0.05) is 33.6 Å². The van der Waals surface area contributed by atoms with Crippen LogP contribution in [-0.4, -0.2) is 30.1 Å². The molecule has 2 atom stereocenters. The minimum atomic E-state index is 0.620. The first-order valence-corrected chi connectivity index (χ1v) is 7.37. The Bertz CT molecular complexity index is 421. The number of hydrogen-bond acceptors (Lipinski definition) is 3. The molecule has 92 valence electrons. The van der Waals surface area contributed by atoms with Crippen LogP contribution in [-0.2, 0) is 0 Å². The van der Waals surface area contributed by atoms with E-state index in [-0.39, 0.29) is 0 Å². The quantitative estimate of drug-likeness (QED) is 0.641. The van der Waals surface area contributed by atoms with E-state index in [1.54, 1.807) is 0 Å². The van der Waals surface area contributed by atoms with Crippen LogP contribution in [0.5, 0.6) is 0 Å². The van der Waals surface area contributed by atoms with Crippen LogP contribution in [0.3, 0.4) is 0 Å². The molecular weight excluding hydrogens is 325 g/mol. The summed E-state index contributed by atoms with van der Waals surface area (Å²) in [6.07, 6.45) is 3.98. The third-order valence-electron chi connectivity index (χ3n) is 3.94. The Morgan fingerprint density at radius 3 is 3.00 bits per heavy atom. The normalized spacial score (nSPS) is 28.3. The highest BCUT2D eigenvalue weighted by Gasteiger charge is 2.37. The molecule has 3 rings (SSSR count). The summed E-state index contributed by atoms with van der Waals surface area (Å²) in [5.41, 5.74) is 7.86. The van der Waals surface area contributed by atoms with E-state index >= 15 is 0 Å². The maximum absolute atomic E-state index is 5.78. The van der Waals surface area contributed by atoms with Crippen LogP contribution in [0.25, 0.3) is 0 Å². The van der Waals surface area contributed by atoms with E-state index < -0.39 is 0 Å². The van der Waals surface area contributed by atoms with Gasteiger partial charge in [-0.2, -0.15) is 0 Å². The van der Waals surface area contributed by atoms with Gasteiger partial charge in [-0.15, -0.1) is 0 Å². The zero-order valence-corrected chi connectivity index (χ0v) is 12.0. The van der Waals surface area contributed by atoms with Crippen molar-refractivity contribution >= 4 is 34.0 Å². The molecule has 2 aliphatic heterocycles. The molecule has 4 heteroatoms. The van der Waals surface area contributed by atoms with Crippen LogP contribution < -0.4 is 11.1 Å². The van der Waals surface area contributed by atoms with Crippen LogP contribution in [0.2, 0.25) is 0 Å². The molecule has 0 saturated carbocycles. The molecule has 0 aliphatic carbocycles. The number of rotatable bonds is 2. The molecule has 17 heavy (non-hydrogen) atoms. The molecule has 2 saturated heterocycles. The largest absolute Gasteiger partial charge is 0.399 e. The van der Waals surface area contributed by atoms with Crippen molar-refractivity contribution in [3.63, 3.8) is 0 Å². The zero-order valence-electron chi connectivity index (χ0n) is 9.82. The fourth-order valence-electron chi connectivity index (χ4n) is 3.10. The number of halogens is 1. The van der Waals surface area contributed by atoms with Gasteiger partial charge in [0.05, 0.1) is 0 Å². The second-order valence-corrected chi connectivity index (χ2v) is 6.19. The minimum Gasteiger partial charge on any atom is -0.399 e. The SMILES string of the molecule is Nc1ccc(NC2CCN3CCCC23)c(I)c1. The molecule has 1 aromatic rings. The summed E-state index contributed by atoms with van der Waals surface area (Å²) in [6.45, 7) is 2.55. The Balaban J connectivity index is 1.74. The number of fused-ring (bicyclic) bond motifs is 1. The highest BCUT2D eigenvalue weighted by molar-refractivity contribution is 14.1. The van der Waals surface area contributed by atoms with Crippen molar-refractivity contribution in [1.82, 2.24) is 4.90 Å². The number of nitrogens with one attached hydrogen (secondary N) is 1. The van der Waals surface area contributed by atoms with Crippen molar-refractivity contribution in [1.29, 1.82) is 0 Å². The lowest BCUT2D eigenvalue weighted by Gasteiger charge is -2.23. The van der Waals surface area contributed by atoms with Crippen LogP contribution in [0.15, 0.2) is 18.2 Å². The average Bonchev–Trinajstić information content (AvgIpc) is 2.86. The fraction of sp³-hybridized carbons (Fsp3) is 0.538. The van der Waals surface area contributed by atoms with Crippen molar-refractivity contribution in [2.75, 3.05) is 24.1 Å². The molecule has 3 nitrogen and oxygen atoms in total. The van der Waals surface area contributed by atoms with Crippen LogP contribution in [0, 0.1) is 3.57 Å². The monoisotopic (exact) mass is 343 g/mol. The first-order chi connectivity index (χ1) is 8.24. The summed E-state index contributed by atoms with van der Waals surface area (Å²) in [6, 6.07) is 7.49. The molecule has 2 fully saturated rings. The van der Waals surface area contributed by atoms with Gasteiger partial charge in [-0.1, -0.05) is 0 Å². The Kier molecular flexibility index (Phi) is 3.17. The van der Waals surface area contributed by atoms with Crippen molar-refractivity contribution in [3.8, 4) is 0 Å². The van der Waals surface area contributed by atoms with Gasteiger partial charge >= 0.3 is 0 Å². The van der Waals surface area contributed by atoms with Crippen molar-refractivity contribution in [2.45, 2.75) is 31.3 Å². The summed E-state index contributed by atoms with van der Waals surface area (Å²) in [7, 11) is 0. The number of nitrogens with zero attached hydrogens (tertiary/aromatic N) is 1. The number of hydrogen-bond donors (Lipinski definition) is 2. The molecule has 0 bridgehead atoms. The smallest absolute Gasteiger partial charge is 0.0480 e. The van der Waals surface area contributed by atoms with Crippen molar-refractivity contribution in [3.05, 3.63) is 21.8 Å². The van der Waals surface area contributed by atoms with Gasteiger partial charge < -0.3 is 11.1 Å². The lowest BCUT2D eigenvalue weighted by molar-refractivity contribution is 0.318. The van der Waals surface area contributed by atoms with Crippen LogP contribution in [0.4, 0.5) is 11.4 Å². The molecule has 2 aliphatic rings. The lowest BCUT2D eigenvalue weighted by Crippen LogP contribution is -2.33. The average molecular weight is 343 g/mol. The molecule has 0 aromatic heterocycles. The van der Waals surface area contributed by atoms with Gasteiger partial charge in [-0.25, -0.2) is 0 Å². The molecule has 3 N–H and O–H groups in total. The first-order valence-electron chi connectivity index (χ1n) is 6.29. The Morgan fingerprint density at radius 1 is 1.29 bits per heavy atom. The first kappa shape index (κ1) is 11.6. The van der Waals surface area contributed by atoms with Crippen molar-refractivity contribution < 1.29 is 0 Å². The topological polar surface area (TPSA) is 41.3 Å². The predicted octanol–water partition coefficient (Wildman–Crippen LogP) is 2.52. The molecule has 1 aromatic carbocycles. The van der Waals surface area contributed by atoms with Gasteiger partial charge in [-0.05, 0) is 66.6 Å². The van der Waals surface area contributed by atoms with E-state index in [0.29, 0.717) is 6.04 Å². The third-order valence-corrected chi connectivity index (χ3v) is 4.83. The summed E-state index contributed by atoms with van der Waals surface area (Å²) in [5.74, 6) is 0.